The number of benzene rings is 2. The van der Waals surface area contributed by atoms with Gasteiger partial charge in [-0.05, 0) is 42.5 Å². The van der Waals surface area contributed by atoms with Crippen LogP contribution in [0.5, 0.6) is 0 Å². The van der Waals surface area contributed by atoms with E-state index in [0.717, 1.165) is 5.69 Å². The van der Waals surface area contributed by atoms with Crippen LogP contribution in [0.25, 0.3) is 0 Å². The van der Waals surface area contributed by atoms with Crippen molar-refractivity contribution in [3.8, 4) is 6.07 Å². The van der Waals surface area contributed by atoms with Gasteiger partial charge in [-0.3, -0.25) is 0 Å². The van der Waals surface area contributed by atoms with E-state index >= 15 is 0 Å². The van der Waals surface area contributed by atoms with Crippen LogP contribution in [0.15, 0.2) is 48.5 Å². The Balaban J connectivity index is 1.57. The Morgan fingerprint density at radius 3 is 2.46 bits per heavy atom. The molecule has 0 spiro atoms. The quantitative estimate of drug-likeness (QED) is 0.923. The number of piperazine rings is 1. The molecular weight excluding hydrogens is 307 g/mol. The normalized spacial score (nSPS) is 14.2. The third-order valence-electron chi connectivity index (χ3n) is 4.00. The Morgan fingerprint density at radius 1 is 1.08 bits per heavy atom. The summed E-state index contributed by atoms with van der Waals surface area (Å²) >= 11 is 0. The summed E-state index contributed by atoms with van der Waals surface area (Å²) in [5, 5.41) is 11.7. The standard InChI is InChI=1S/C18H17FN4O/c19-15-4-6-16(7-5-15)21-18(24)23-10-8-22(9-11-23)17-3-1-2-14(12-17)13-20/h1-7,12H,8-11H2,(H,21,24). The first-order valence-electron chi connectivity index (χ1n) is 7.72. The molecule has 2 amide bonds. The minimum absolute atomic E-state index is 0.188. The summed E-state index contributed by atoms with van der Waals surface area (Å²) in [6.07, 6.45) is 0. The Hall–Kier alpha value is -3.07. The lowest BCUT2D eigenvalue weighted by molar-refractivity contribution is 0.208. The van der Waals surface area contributed by atoms with Crippen molar-refractivity contribution in [1.29, 1.82) is 5.26 Å². The molecule has 2 aromatic carbocycles. The van der Waals surface area contributed by atoms with Crippen LogP contribution in [0.1, 0.15) is 5.56 Å². The Morgan fingerprint density at radius 2 is 1.79 bits per heavy atom. The summed E-state index contributed by atoms with van der Waals surface area (Å²) in [5.41, 5.74) is 2.20. The highest BCUT2D eigenvalue weighted by Crippen LogP contribution is 2.18. The second-order valence-electron chi connectivity index (χ2n) is 5.57. The smallest absolute Gasteiger partial charge is 0.321 e. The van der Waals surface area contributed by atoms with Crippen molar-refractivity contribution in [2.45, 2.75) is 0 Å². The molecule has 6 heteroatoms. The average Bonchev–Trinajstić information content (AvgIpc) is 2.64. The maximum atomic E-state index is 12.9. The van der Waals surface area contributed by atoms with Gasteiger partial charge in [0.15, 0.2) is 0 Å². The maximum absolute atomic E-state index is 12.9. The van der Waals surface area contributed by atoms with E-state index in [0.29, 0.717) is 37.4 Å². The first-order valence-corrected chi connectivity index (χ1v) is 7.72. The van der Waals surface area contributed by atoms with Crippen LogP contribution < -0.4 is 10.2 Å². The van der Waals surface area contributed by atoms with Crippen molar-refractivity contribution in [3.63, 3.8) is 0 Å². The summed E-state index contributed by atoms with van der Waals surface area (Å²) in [7, 11) is 0. The molecular formula is C18H17FN4O. The highest BCUT2D eigenvalue weighted by molar-refractivity contribution is 5.89. The first-order chi connectivity index (χ1) is 11.7. The molecule has 0 aromatic heterocycles. The number of urea groups is 1. The van der Waals surface area contributed by atoms with E-state index in [1.165, 1.54) is 24.3 Å². The van der Waals surface area contributed by atoms with Crippen LogP contribution >= 0.6 is 0 Å². The van der Waals surface area contributed by atoms with Gasteiger partial charge in [0.1, 0.15) is 5.82 Å². The number of nitrogens with zero attached hydrogens (tertiary/aromatic N) is 3. The zero-order valence-corrected chi connectivity index (χ0v) is 13.1. The SMILES string of the molecule is N#Cc1cccc(N2CCN(C(=O)Nc3ccc(F)cc3)CC2)c1. The lowest BCUT2D eigenvalue weighted by Crippen LogP contribution is -2.50. The number of hydrogen-bond donors (Lipinski definition) is 1. The number of anilines is 2. The lowest BCUT2D eigenvalue weighted by atomic mass is 10.2. The fourth-order valence-corrected chi connectivity index (χ4v) is 2.68. The molecule has 0 bridgehead atoms. The zero-order valence-electron chi connectivity index (χ0n) is 13.1. The molecule has 0 unspecified atom stereocenters. The predicted molar refractivity (Wildman–Crippen MR) is 90.4 cm³/mol. The minimum atomic E-state index is -0.332. The monoisotopic (exact) mass is 324 g/mol. The van der Waals surface area contributed by atoms with Crippen molar-refractivity contribution in [2.75, 3.05) is 36.4 Å². The van der Waals surface area contributed by atoms with Gasteiger partial charge in [0.2, 0.25) is 0 Å². The van der Waals surface area contributed by atoms with Gasteiger partial charge in [-0.25, -0.2) is 9.18 Å². The van der Waals surface area contributed by atoms with Crippen molar-refractivity contribution >= 4 is 17.4 Å². The molecule has 1 aliphatic rings. The van der Waals surface area contributed by atoms with Crippen molar-refractivity contribution in [2.24, 2.45) is 0 Å². The summed E-state index contributed by atoms with van der Waals surface area (Å²) in [5.74, 6) is -0.332. The van der Waals surface area contributed by atoms with Gasteiger partial charge in [-0.1, -0.05) is 6.07 Å². The molecule has 1 saturated heterocycles. The molecule has 3 rings (SSSR count). The molecule has 2 aromatic rings. The second-order valence-corrected chi connectivity index (χ2v) is 5.57. The van der Waals surface area contributed by atoms with Crippen molar-refractivity contribution in [3.05, 3.63) is 59.9 Å². The van der Waals surface area contributed by atoms with Crippen LogP contribution in [-0.4, -0.2) is 37.1 Å². The largest absolute Gasteiger partial charge is 0.368 e. The fourth-order valence-electron chi connectivity index (χ4n) is 2.68. The third-order valence-corrected chi connectivity index (χ3v) is 4.00. The third kappa shape index (κ3) is 3.63. The molecule has 1 N–H and O–H groups in total. The number of carbonyl (C=O) groups excluding carboxylic acids is 1. The molecule has 5 nitrogen and oxygen atoms in total. The van der Waals surface area contributed by atoms with Crippen LogP contribution in [0.4, 0.5) is 20.6 Å². The molecule has 122 valence electrons. The predicted octanol–water partition coefficient (Wildman–Crippen LogP) is 3.05. The zero-order chi connectivity index (χ0) is 16.9. The minimum Gasteiger partial charge on any atom is -0.368 e. The Bertz CT molecular complexity index is 761. The van der Waals surface area contributed by atoms with Gasteiger partial charge < -0.3 is 15.1 Å². The molecule has 1 heterocycles. The van der Waals surface area contributed by atoms with E-state index in [9.17, 15) is 9.18 Å². The van der Waals surface area contributed by atoms with Crippen molar-refractivity contribution in [1.82, 2.24) is 4.90 Å². The first kappa shape index (κ1) is 15.8. The van der Waals surface area contributed by atoms with Crippen LogP contribution in [0.3, 0.4) is 0 Å². The molecule has 24 heavy (non-hydrogen) atoms. The Kier molecular flexibility index (Phi) is 4.62. The number of nitrogens with one attached hydrogen (secondary N) is 1. The fraction of sp³-hybridized carbons (Fsp3) is 0.222. The van der Waals surface area contributed by atoms with E-state index in [4.69, 9.17) is 5.26 Å². The van der Waals surface area contributed by atoms with Gasteiger partial charge in [-0.2, -0.15) is 5.26 Å². The summed E-state index contributed by atoms with van der Waals surface area (Å²) in [6, 6.07) is 15.1. The van der Waals surface area contributed by atoms with Gasteiger partial charge in [0.25, 0.3) is 0 Å². The molecule has 0 atom stereocenters. The lowest BCUT2D eigenvalue weighted by Gasteiger charge is -2.36. The van der Waals surface area contributed by atoms with Crippen LogP contribution in [0, 0.1) is 17.1 Å². The molecule has 0 saturated carbocycles. The Labute approximate surface area is 139 Å². The van der Waals surface area contributed by atoms with Gasteiger partial charge in [0.05, 0.1) is 11.6 Å². The van der Waals surface area contributed by atoms with Crippen LogP contribution in [0.2, 0.25) is 0 Å². The molecule has 0 aliphatic carbocycles. The summed E-state index contributed by atoms with van der Waals surface area (Å²) in [6.45, 7) is 2.57. The van der Waals surface area contributed by atoms with E-state index in [1.807, 2.05) is 18.2 Å². The number of hydrogen-bond acceptors (Lipinski definition) is 3. The highest BCUT2D eigenvalue weighted by Gasteiger charge is 2.21. The summed E-state index contributed by atoms with van der Waals surface area (Å²) < 4.78 is 12.9. The van der Waals surface area contributed by atoms with Gasteiger partial charge >= 0.3 is 6.03 Å². The number of rotatable bonds is 2. The molecule has 1 fully saturated rings. The number of nitriles is 1. The van der Waals surface area contributed by atoms with E-state index < -0.39 is 0 Å². The summed E-state index contributed by atoms with van der Waals surface area (Å²) in [4.78, 5) is 16.1. The van der Waals surface area contributed by atoms with E-state index in [-0.39, 0.29) is 11.8 Å². The van der Waals surface area contributed by atoms with E-state index in [1.54, 1.807) is 11.0 Å². The van der Waals surface area contributed by atoms with Crippen molar-refractivity contribution < 1.29 is 9.18 Å². The topological polar surface area (TPSA) is 59.4 Å². The van der Waals surface area contributed by atoms with Crippen LogP contribution in [-0.2, 0) is 0 Å². The average molecular weight is 324 g/mol. The number of carbonyl (C=O) groups is 1. The maximum Gasteiger partial charge on any atom is 0.321 e. The second kappa shape index (κ2) is 7.01. The molecule has 0 radical (unpaired) electrons. The van der Waals surface area contributed by atoms with E-state index in [2.05, 4.69) is 16.3 Å². The number of amides is 2. The number of halogens is 1. The van der Waals surface area contributed by atoms with Gasteiger partial charge in [-0.15, -0.1) is 0 Å². The molecule has 1 aliphatic heterocycles. The highest BCUT2D eigenvalue weighted by atomic mass is 19.1. The van der Waals surface area contributed by atoms with Gasteiger partial charge in [0, 0.05) is 37.6 Å².